The molecule has 3 amide bonds. The Labute approximate surface area is 141 Å². The van der Waals surface area contributed by atoms with Crippen molar-refractivity contribution in [2.75, 3.05) is 12.3 Å². The third-order valence-electron chi connectivity index (χ3n) is 4.43. The van der Waals surface area contributed by atoms with E-state index < -0.39 is 34.0 Å². The van der Waals surface area contributed by atoms with Gasteiger partial charge >= 0.3 is 6.03 Å². The lowest BCUT2D eigenvalue weighted by Crippen LogP contribution is -2.64. The largest absolute Gasteiger partial charge is 0.333 e. The summed E-state index contributed by atoms with van der Waals surface area (Å²) in [6, 6.07) is 7.44. The number of imide groups is 1. The number of carbonyl (C=O) groups excluding carboxylic acids is 2. The van der Waals surface area contributed by atoms with Gasteiger partial charge in [-0.1, -0.05) is 37.3 Å². The molecule has 2 heterocycles. The molecule has 24 heavy (non-hydrogen) atoms. The normalized spacial score (nSPS) is 24.8. The number of hydrogen-bond acceptors (Lipinski definition) is 4. The lowest BCUT2D eigenvalue weighted by molar-refractivity contribution is -0.134. The third-order valence-corrected chi connectivity index (χ3v) is 6.48. The summed E-state index contributed by atoms with van der Waals surface area (Å²) in [5.74, 6) is -0.430. The second kappa shape index (κ2) is 6.52. The van der Waals surface area contributed by atoms with Crippen LogP contribution in [0.25, 0.3) is 0 Å². The highest BCUT2D eigenvalue weighted by atomic mass is 32.2. The van der Waals surface area contributed by atoms with Gasteiger partial charge in [-0.25, -0.2) is 13.2 Å². The van der Waals surface area contributed by atoms with Gasteiger partial charge in [0.05, 0.1) is 18.3 Å². The standard InChI is InChI=1S/C16H21N3O4S/c1-2-10-24(22,23)19-9-8-13-14(19)15(20)18(16(21)17-13)11-12-6-4-3-5-7-12/h3-7,13-14H,2,8-11H2,1H3,(H,17,21). The van der Waals surface area contributed by atoms with Gasteiger partial charge in [0.25, 0.3) is 5.91 Å². The third kappa shape index (κ3) is 3.03. The number of carbonyl (C=O) groups is 2. The van der Waals surface area contributed by atoms with Crippen LogP contribution in [0, 0.1) is 0 Å². The summed E-state index contributed by atoms with van der Waals surface area (Å²) in [5, 5.41) is 2.78. The number of benzene rings is 1. The van der Waals surface area contributed by atoms with Gasteiger partial charge in [-0.2, -0.15) is 4.31 Å². The molecule has 3 rings (SSSR count). The summed E-state index contributed by atoms with van der Waals surface area (Å²) in [6.07, 6.45) is 0.953. The summed E-state index contributed by atoms with van der Waals surface area (Å²) in [6.45, 7) is 2.19. The second-order valence-corrected chi connectivity index (χ2v) is 8.17. The maximum atomic E-state index is 12.8. The molecule has 8 heteroatoms. The van der Waals surface area contributed by atoms with E-state index in [9.17, 15) is 18.0 Å². The van der Waals surface area contributed by atoms with E-state index in [-0.39, 0.29) is 18.8 Å². The van der Waals surface area contributed by atoms with E-state index >= 15 is 0 Å². The van der Waals surface area contributed by atoms with E-state index in [4.69, 9.17) is 0 Å². The average molecular weight is 351 g/mol. The van der Waals surface area contributed by atoms with Gasteiger partial charge in [-0.05, 0) is 18.4 Å². The summed E-state index contributed by atoms with van der Waals surface area (Å²) in [4.78, 5) is 26.2. The molecule has 0 spiro atoms. The molecule has 0 aliphatic carbocycles. The highest BCUT2D eigenvalue weighted by Gasteiger charge is 2.51. The summed E-state index contributed by atoms with van der Waals surface area (Å²) >= 11 is 0. The van der Waals surface area contributed by atoms with Crippen LogP contribution in [0.1, 0.15) is 25.3 Å². The van der Waals surface area contributed by atoms with Crippen molar-refractivity contribution in [3.8, 4) is 0 Å². The van der Waals surface area contributed by atoms with Crippen molar-refractivity contribution in [2.24, 2.45) is 0 Å². The van der Waals surface area contributed by atoms with Crippen molar-refractivity contribution < 1.29 is 18.0 Å². The first-order valence-corrected chi connectivity index (χ1v) is 9.70. The second-order valence-electron chi connectivity index (χ2n) is 6.13. The number of rotatable bonds is 5. The molecular formula is C16H21N3O4S. The molecule has 0 bridgehead atoms. The van der Waals surface area contributed by atoms with Gasteiger partial charge in [0.2, 0.25) is 10.0 Å². The highest BCUT2D eigenvalue weighted by molar-refractivity contribution is 7.89. The smallest absolute Gasteiger partial charge is 0.324 e. The molecule has 2 aliphatic heterocycles. The van der Waals surface area contributed by atoms with Crippen LogP contribution in [0.15, 0.2) is 30.3 Å². The van der Waals surface area contributed by atoms with Crippen LogP contribution in [0.4, 0.5) is 4.79 Å². The lowest BCUT2D eigenvalue weighted by Gasteiger charge is -2.36. The van der Waals surface area contributed by atoms with Gasteiger partial charge in [0.15, 0.2) is 0 Å². The number of hydrogen-bond donors (Lipinski definition) is 1. The zero-order chi connectivity index (χ0) is 17.3. The predicted octanol–water partition coefficient (Wildman–Crippen LogP) is 0.921. The lowest BCUT2D eigenvalue weighted by atomic mass is 10.1. The molecule has 2 aliphatic rings. The van der Waals surface area contributed by atoms with Gasteiger partial charge in [-0.3, -0.25) is 9.69 Å². The molecule has 1 aromatic carbocycles. The van der Waals surface area contributed by atoms with Crippen LogP contribution < -0.4 is 5.32 Å². The van der Waals surface area contributed by atoms with Crippen molar-refractivity contribution >= 4 is 22.0 Å². The first-order valence-electron chi connectivity index (χ1n) is 8.09. The van der Waals surface area contributed by atoms with Crippen molar-refractivity contribution in [2.45, 2.75) is 38.4 Å². The van der Waals surface area contributed by atoms with Crippen molar-refractivity contribution in [1.29, 1.82) is 0 Å². The van der Waals surface area contributed by atoms with Crippen molar-refractivity contribution in [3.63, 3.8) is 0 Å². The van der Waals surface area contributed by atoms with Crippen molar-refractivity contribution in [1.82, 2.24) is 14.5 Å². The topological polar surface area (TPSA) is 86.8 Å². The molecule has 0 saturated carbocycles. The molecule has 130 valence electrons. The van der Waals surface area contributed by atoms with E-state index in [1.54, 1.807) is 6.92 Å². The quantitative estimate of drug-likeness (QED) is 0.855. The SMILES string of the molecule is CCCS(=O)(=O)N1CCC2NC(=O)N(Cc3ccccc3)C(=O)C21. The Kier molecular flexibility index (Phi) is 4.60. The van der Waals surface area contributed by atoms with Crippen LogP contribution in [0.5, 0.6) is 0 Å². The molecule has 2 saturated heterocycles. The minimum atomic E-state index is -3.49. The maximum Gasteiger partial charge on any atom is 0.324 e. The fraction of sp³-hybridized carbons (Fsp3) is 0.500. The zero-order valence-electron chi connectivity index (χ0n) is 13.5. The first kappa shape index (κ1) is 16.9. The van der Waals surface area contributed by atoms with E-state index in [0.717, 1.165) is 10.5 Å². The minimum absolute atomic E-state index is 0.0101. The maximum absolute atomic E-state index is 12.8. The number of urea groups is 1. The Morgan fingerprint density at radius 1 is 1.21 bits per heavy atom. The molecule has 0 radical (unpaired) electrons. The molecule has 1 N–H and O–H groups in total. The van der Waals surface area contributed by atoms with Gasteiger partial charge in [0.1, 0.15) is 6.04 Å². The molecule has 2 unspecified atom stereocenters. The van der Waals surface area contributed by atoms with Crippen LogP contribution in [-0.2, 0) is 21.4 Å². The summed E-state index contributed by atoms with van der Waals surface area (Å²) in [5.41, 5.74) is 0.820. The van der Waals surface area contributed by atoms with Crippen molar-refractivity contribution in [3.05, 3.63) is 35.9 Å². The van der Waals surface area contributed by atoms with Gasteiger partial charge in [-0.15, -0.1) is 0 Å². The van der Waals surface area contributed by atoms with Crippen LogP contribution >= 0.6 is 0 Å². The Bertz CT molecular complexity index is 735. The summed E-state index contributed by atoms with van der Waals surface area (Å²) < 4.78 is 26.1. The Morgan fingerprint density at radius 2 is 1.92 bits per heavy atom. The van der Waals surface area contributed by atoms with Crippen LogP contribution in [0.2, 0.25) is 0 Å². The number of nitrogens with one attached hydrogen (secondary N) is 1. The zero-order valence-corrected chi connectivity index (χ0v) is 14.3. The molecule has 1 aromatic rings. The monoisotopic (exact) mass is 351 g/mol. The Balaban J connectivity index is 1.85. The number of amides is 3. The predicted molar refractivity (Wildman–Crippen MR) is 88.5 cm³/mol. The van der Waals surface area contributed by atoms with E-state index in [1.807, 2.05) is 30.3 Å². The minimum Gasteiger partial charge on any atom is -0.333 e. The molecule has 2 fully saturated rings. The van der Waals surface area contributed by atoms with E-state index in [1.165, 1.54) is 4.31 Å². The van der Waals surface area contributed by atoms with Gasteiger partial charge < -0.3 is 5.32 Å². The van der Waals surface area contributed by atoms with Crippen LogP contribution in [-0.4, -0.2) is 53.9 Å². The molecule has 0 aromatic heterocycles. The molecule has 7 nitrogen and oxygen atoms in total. The Hall–Kier alpha value is -1.93. The summed E-state index contributed by atoms with van der Waals surface area (Å²) in [7, 11) is -3.49. The fourth-order valence-corrected chi connectivity index (χ4v) is 5.03. The van der Waals surface area contributed by atoms with Crippen LogP contribution in [0.3, 0.4) is 0 Å². The molecular weight excluding hydrogens is 330 g/mol. The molecule has 2 atom stereocenters. The number of sulfonamides is 1. The highest BCUT2D eigenvalue weighted by Crippen LogP contribution is 2.28. The first-order chi connectivity index (χ1) is 11.4. The number of fused-ring (bicyclic) bond motifs is 1. The Morgan fingerprint density at radius 3 is 2.58 bits per heavy atom. The average Bonchev–Trinajstić information content (AvgIpc) is 2.97. The van der Waals surface area contributed by atoms with E-state index in [0.29, 0.717) is 12.8 Å². The number of nitrogens with zero attached hydrogens (tertiary/aromatic N) is 2. The van der Waals surface area contributed by atoms with Gasteiger partial charge in [0, 0.05) is 6.54 Å². The fourth-order valence-electron chi connectivity index (χ4n) is 3.31. The van der Waals surface area contributed by atoms with E-state index in [2.05, 4.69) is 5.32 Å².